The summed E-state index contributed by atoms with van der Waals surface area (Å²) in [5, 5.41) is 7.87. The van der Waals surface area contributed by atoms with Crippen molar-refractivity contribution < 1.29 is 37.7 Å². The fourth-order valence-corrected chi connectivity index (χ4v) is 4.38. The Morgan fingerprint density at radius 3 is 2.46 bits per heavy atom. The summed E-state index contributed by atoms with van der Waals surface area (Å²) in [6.45, 7) is 5.23. The molecular formula is C36H36N4O8. The summed E-state index contributed by atoms with van der Waals surface area (Å²) in [4.78, 5) is 20.9. The van der Waals surface area contributed by atoms with E-state index in [0.29, 0.717) is 41.8 Å². The minimum atomic E-state index is -0.570. The number of ether oxygens (including phenoxy) is 6. The summed E-state index contributed by atoms with van der Waals surface area (Å²) in [5.74, 6) is 14.8. The highest BCUT2D eigenvalue weighted by Gasteiger charge is 2.29. The number of anilines is 2. The molecule has 1 unspecified atom stereocenters. The summed E-state index contributed by atoms with van der Waals surface area (Å²) >= 11 is 0. The number of nitrogens with one attached hydrogen (secondary N) is 1. The number of esters is 1. The van der Waals surface area contributed by atoms with Crippen LogP contribution in [0.15, 0.2) is 53.3 Å². The van der Waals surface area contributed by atoms with E-state index in [1.54, 1.807) is 19.2 Å². The predicted octanol–water partition coefficient (Wildman–Crippen LogP) is 4.76. The van der Waals surface area contributed by atoms with Crippen LogP contribution in [0.1, 0.15) is 31.1 Å². The molecule has 4 rings (SSSR count). The SMILES string of the molecule is C#Cc1cccc(Nc2ncnc3cc(OCCOC)c(OCCOCC#CC#CCOc4cc(C(C(=O)OC)C(C)C)on4)cc23)c1. The average Bonchev–Trinajstić information content (AvgIpc) is 3.55. The largest absolute Gasteiger partial charge is 0.487 e. The second kappa shape index (κ2) is 18.4. The third-order valence-corrected chi connectivity index (χ3v) is 6.66. The van der Waals surface area contributed by atoms with Gasteiger partial charge < -0.3 is 38.3 Å². The topological polar surface area (TPSA) is 136 Å². The van der Waals surface area contributed by atoms with Gasteiger partial charge in [-0.1, -0.05) is 31.8 Å². The number of nitrogens with zero attached hydrogens (tertiary/aromatic N) is 3. The molecule has 2 aromatic heterocycles. The van der Waals surface area contributed by atoms with Crippen LogP contribution in [-0.4, -0.2) is 75.0 Å². The Kier molecular flexibility index (Phi) is 13.5. The first-order valence-electron chi connectivity index (χ1n) is 15.0. The van der Waals surface area contributed by atoms with Crippen LogP contribution in [0.25, 0.3) is 10.9 Å². The van der Waals surface area contributed by atoms with Gasteiger partial charge in [0.15, 0.2) is 23.9 Å². The van der Waals surface area contributed by atoms with E-state index in [9.17, 15) is 4.79 Å². The molecule has 0 aliphatic carbocycles. The van der Waals surface area contributed by atoms with Gasteiger partial charge in [-0.2, -0.15) is 0 Å². The van der Waals surface area contributed by atoms with Crippen LogP contribution in [0.2, 0.25) is 0 Å². The molecule has 0 spiro atoms. The summed E-state index contributed by atoms with van der Waals surface area (Å²) in [6.07, 6.45) is 7.03. The molecule has 12 heteroatoms. The van der Waals surface area contributed by atoms with Gasteiger partial charge in [-0.3, -0.25) is 4.79 Å². The monoisotopic (exact) mass is 652 g/mol. The normalized spacial score (nSPS) is 11.0. The summed E-state index contributed by atoms with van der Waals surface area (Å²) < 4.78 is 38.2. The highest BCUT2D eigenvalue weighted by Crippen LogP contribution is 2.35. The minimum absolute atomic E-state index is 0.0336. The molecule has 2 aromatic carbocycles. The van der Waals surface area contributed by atoms with E-state index in [4.69, 9.17) is 39.4 Å². The van der Waals surface area contributed by atoms with Gasteiger partial charge in [-0.25, -0.2) is 9.97 Å². The fraction of sp³-hybridized carbons (Fsp3) is 0.333. The second-order valence-corrected chi connectivity index (χ2v) is 10.3. The van der Waals surface area contributed by atoms with E-state index in [-0.39, 0.29) is 38.2 Å². The second-order valence-electron chi connectivity index (χ2n) is 10.3. The highest BCUT2D eigenvalue weighted by molar-refractivity contribution is 5.93. The van der Waals surface area contributed by atoms with Crippen LogP contribution in [0, 0.1) is 41.9 Å². The standard InChI is InChI=1S/C36H36N4O8/c1-6-26-12-11-13-27(20-26)39-35-28-21-30(31(45-18-16-42-4)22-29(28)37-24-38-35)46-19-17-44-14-9-7-8-10-15-47-33-23-32(48-40-33)34(25(2)3)36(41)43-5/h1,11-13,20-25,34H,14-19H2,2-5H3,(H,37,38,39). The molecule has 248 valence electrons. The van der Waals surface area contributed by atoms with E-state index >= 15 is 0 Å². The number of hydrogen-bond acceptors (Lipinski definition) is 12. The number of fused-ring (bicyclic) bond motifs is 1. The molecule has 0 amide bonds. The third kappa shape index (κ3) is 10.1. The number of benzene rings is 2. The molecule has 12 nitrogen and oxygen atoms in total. The number of rotatable bonds is 16. The fourth-order valence-electron chi connectivity index (χ4n) is 4.38. The molecule has 4 aromatic rings. The zero-order chi connectivity index (χ0) is 34.1. The Balaban J connectivity index is 1.28. The lowest BCUT2D eigenvalue weighted by Gasteiger charge is -2.15. The van der Waals surface area contributed by atoms with Crippen molar-refractivity contribution in [3.63, 3.8) is 0 Å². The van der Waals surface area contributed by atoms with Crippen LogP contribution in [0.4, 0.5) is 11.5 Å². The van der Waals surface area contributed by atoms with Gasteiger partial charge in [0.1, 0.15) is 37.9 Å². The van der Waals surface area contributed by atoms with Crippen molar-refractivity contribution in [1.29, 1.82) is 0 Å². The van der Waals surface area contributed by atoms with Crippen LogP contribution in [0.5, 0.6) is 17.4 Å². The minimum Gasteiger partial charge on any atom is -0.487 e. The number of terminal acetylenes is 1. The Hall–Kier alpha value is -5.74. The lowest BCUT2D eigenvalue weighted by Crippen LogP contribution is -2.19. The smallest absolute Gasteiger partial charge is 0.316 e. The molecule has 1 atom stereocenters. The molecule has 0 saturated carbocycles. The summed E-state index contributed by atoms with van der Waals surface area (Å²) in [5.41, 5.74) is 2.21. The van der Waals surface area contributed by atoms with Crippen molar-refractivity contribution in [3.05, 3.63) is 60.1 Å². The maximum Gasteiger partial charge on any atom is 0.316 e. The van der Waals surface area contributed by atoms with Crippen LogP contribution < -0.4 is 19.5 Å². The summed E-state index contributed by atoms with van der Waals surface area (Å²) in [6, 6.07) is 12.7. The first kappa shape index (κ1) is 35.1. The van der Waals surface area contributed by atoms with Crippen molar-refractivity contribution in [2.75, 3.05) is 59.2 Å². The van der Waals surface area contributed by atoms with E-state index < -0.39 is 11.9 Å². The molecule has 2 heterocycles. The highest BCUT2D eigenvalue weighted by atomic mass is 16.6. The maximum atomic E-state index is 12.0. The van der Waals surface area contributed by atoms with E-state index in [1.165, 1.54) is 13.4 Å². The van der Waals surface area contributed by atoms with Crippen molar-refractivity contribution in [2.45, 2.75) is 19.8 Å². The van der Waals surface area contributed by atoms with Crippen LogP contribution in [-0.2, 0) is 19.0 Å². The van der Waals surface area contributed by atoms with Crippen molar-refractivity contribution >= 4 is 28.4 Å². The molecular weight excluding hydrogens is 616 g/mol. The number of hydrogen-bond donors (Lipinski definition) is 1. The van der Waals surface area contributed by atoms with Gasteiger partial charge in [0.05, 0.1) is 25.8 Å². The molecule has 0 aliphatic heterocycles. The van der Waals surface area contributed by atoms with Crippen molar-refractivity contribution in [2.24, 2.45) is 5.92 Å². The first-order valence-corrected chi connectivity index (χ1v) is 15.0. The Labute approximate surface area is 279 Å². The number of aromatic nitrogens is 3. The molecule has 0 radical (unpaired) electrons. The van der Waals surface area contributed by atoms with Gasteiger partial charge in [0.25, 0.3) is 5.88 Å². The lowest BCUT2D eigenvalue weighted by atomic mass is 9.93. The van der Waals surface area contributed by atoms with Crippen molar-refractivity contribution in [1.82, 2.24) is 15.1 Å². The molecule has 0 aliphatic rings. The van der Waals surface area contributed by atoms with Gasteiger partial charge in [0.2, 0.25) is 0 Å². The van der Waals surface area contributed by atoms with Gasteiger partial charge in [-0.05, 0) is 53.1 Å². The van der Waals surface area contributed by atoms with Crippen molar-refractivity contribution in [3.8, 4) is 53.4 Å². The van der Waals surface area contributed by atoms with Gasteiger partial charge >= 0.3 is 5.97 Å². The zero-order valence-electron chi connectivity index (χ0n) is 27.2. The van der Waals surface area contributed by atoms with Crippen LogP contribution >= 0.6 is 0 Å². The Morgan fingerprint density at radius 1 is 0.938 bits per heavy atom. The van der Waals surface area contributed by atoms with Gasteiger partial charge in [0, 0.05) is 35.9 Å². The third-order valence-electron chi connectivity index (χ3n) is 6.66. The van der Waals surface area contributed by atoms with E-state index in [0.717, 1.165) is 16.6 Å². The zero-order valence-corrected chi connectivity index (χ0v) is 27.2. The summed E-state index contributed by atoms with van der Waals surface area (Å²) in [7, 11) is 2.93. The number of methoxy groups -OCH3 is 2. The Bertz CT molecular complexity index is 1840. The van der Waals surface area contributed by atoms with Gasteiger partial charge in [-0.15, -0.1) is 6.42 Å². The molecule has 0 fully saturated rings. The average molecular weight is 653 g/mol. The molecule has 1 N–H and O–H groups in total. The molecule has 48 heavy (non-hydrogen) atoms. The van der Waals surface area contributed by atoms with E-state index in [1.807, 2.05) is 44.2 Å². The quantitative estimate of drug-likeness (QED) is 0.102. The molecule has 0 bridgehead atoms. The molecule has 0 saturated heterocycles. The first-order chi connectivity index (χ1) is 23.4. The Morgan fingerprint density at radius 2 is 1.71 bits per heavy atom. The lowest BCUT2D eigenvalue weighted by molar-refractivity contribution is -0.144. The maximum absolute atomic E-state index is 12.0. The number of carbonyl (C=O) groups excluding carboxylic acids is 1. The predicted molar refractivity (Wildman–Crippen MR) is 178 cm³/mol. The number of carbonyl (C=O) groups is 1. The van der Waals surface area contributed by atoms with Crippen LogP contribution in [0.3, 0.4) is 0 Å². The van der Waals surface area contributed by atoms with E-state index in [2.05, 4.69) is 50.0 Å².